The summed E-state index contributed by atoms with van der Waals surface area (Å²) in [4.78, 5) is 17.7. The largest absolute Gasteiger partial charge is 0.497 e. The van der Waals surface area contributed by atoms with Gasteiger partial charge in [0.15, 0.2) is 0 Å². The first-order valence-electron chi connectivity index (χ1n) is 10.2. The second-order valence-corrected chi connectivity index (χ2v) is 9.17. The smallest absolute Gasteiger partial charge is 0.322 e. The Labute approximate surface area is 190 Å². The number of benzene rings is 2. The maximum Gasteiger partial charge on any atom is 0.322 e. The van der Waals surface area contributed by atoms with E-state index >= 15 is 0 Å². The highest BCUT2D eigenvalue weighted by molar-refractivity contribution is 7.12. The van der Waals surface area contributed by atoms with Crippen LogP contribution in [0.1, 0.15) is 39.4 Å². The fraction of sp³-hybridized carbons (Fsp3) is 0.292. The first-order valence-corrected chi connectivity index (χ1v) is 11.4. The highest BCUT2D eigenvalue weighted by Crippen LogP contribution is 2.43. The van der Waals surface area contributed by atoms with Gasteiger partial charge in [0.1, 0.15) is 11.6 Å². The minimum atomic E-state index is -0.514. The number of nitrogens with one attached hydrogen (secondary N) is 1. The van der Waals surface area contributed by atoms with Crippen molar-refractivity contribution in [2.75, 3.05) is 19.0 Å². The van der Waals surface area contributed by atoms with Crippen molar-refractivity contribution in [1.82, 2.24) is 4.90 Å². The highest BCUT2D eigenvalue weighted by Gasteiger charge is 2.35. The minimum absolute atomic E-state index is 0.0214. The molecule has 4 rings (SSSR count). The van der Waals surface area contributed by atoms with Gasteiger partial charge in [-0.1, -0.05) is 30.7 Å². The van der Waals surface area contributed by atoms with Crippen molar-refractivity contribution in [3.63, 3.8) is 0 Å². The molecule has 7 heteroatoms. The van der Waals surface area contributed by atoms with Crippen LogP contribution in [-0.2, 0) is 12.8 Å². The molecule has 162 valence electrons. The van der Waals surface area contributed by atoms with Gasteiger partial charge in [0.2, 0.25) is 0 Å². The van der Waals surface area contributed by atoms with E-state index in [0.29, 0.717) is 12.2 Å². The molecule has 1 aliphatic rings. The van der Waals surface area contributed by atoms with E-state index in [2.05, 4.69) is 19.2 Å². The number of amides is 2. The number of aryl methyl sites for hydroxylation is 1. The molecule has 0 bridgehead atoms. The van der Waals surface area contributed by atoms with E-state index in [1.807, 2.05) is 29.2 Å². The number of halogens is 2. The van der Waals surface area contributed by atoms with E-state index in [1.54, 1.807) is 18.4 Å². The van der Waals surface area contributed by atoms with Gasteiger partial charge in [-0.15, -0.1) is 11.3 Å². The van der Waals surface area contributed by atoms with E-state index in [-0.39, 0.29) is 17.1 Å². The number of urea groups is 1. The molecule has 0 saturated carbocycles. The van der Waals surface area contributed by atoms with Gasteiger partial charge < -0.3 is 15.0 Å². The zero-order valence-electron chi connectivity index (χ0n) is 17.7. The van der Waals surface area contributed by atoms with Crippen molar-refractivity contribution in [1.29, 1.82) is 0 Å². The lowest BCUT2D eigenvalue weighted by atomic mass is 9.92. The van der Waals surface area contributed by atoms with Gasteiger partial charge in [-0.25, -0.2) is 9.18 Å². The number of carbonyl (C=O) groups is 1. The molecule has 1 unspecified atom stereocenters. The van der Waals surface area contributed by atoms with Crippen LogP contribution in [0, 0.1) is 12.7 Å². The van der Waals surface area contributed by atoms with Crippen molar-refractivity contribution in [2.24, 2.45) is 0 Å². The number of hydrogen-bond donors (Lipinski definition) is 1. The molecular formula is C24H24ClFN2O2S. The Morgan fingerprint density at radius 3 is 2.68 bits per heavy atom. The van der Waals surface area contributed by atoms with Gasteiger partial charge in [-0.3, -0.25) is 0 Å². The molecule has 0 radical (unpaired) electrons. The molecule has 1 atom stereocenters. The lowest BCUT2D eigenvalue weighted by molar-refractivity contribution is 0.195. The third-order valence-electron chi connectivity index (χ3n) is 5.73. The summed E-state index contributed by atoms with van der Waals surface area (Å²) in [6, 6.07) is 11.6. The van der Waals surface area contributed by atoms with Crippen LogP contribution < -0.4 is 10.1 Å². The minimum Gasteiger partial charge on any atom is -0.497 e. The molecule has 2 heterocycles. The SMILES string of the molecule is CCc1c(C)sc2c1CCN(C(=O)Nc1ccc(F)c(Cl)c1)C2c1ccc(OC)cc1. The van der Waals surface area contributed by atoms with Crippen molar-refractivity contribution in [3.8, 4) is 5.75 Å². The Morgan fingerprint density at radius 2 is 2.03 bits per heavy atom. The van der Waals surface area contributed by atoms with E-state index in [0.717, 1.165) is 24.2 Å². The Kier molecular flexibility index (Phi) is 6.21. The van der Waals surface area contributed by atoms with E-state index in [1.165, 1.54) is 39.1 Å². The average molecular weight is 459 g/mol. The number of methoxy groups -OCH3 is 1. The van der Waals surface area contributed by atoms with Crippen LogP contribution in [0.2, 0.25) is 5.02 Å². The third kappa shape index (κ3) is 4.14. The Morgan fingerprint density at radius 1 is 1.29 bits per heavy atom. The maximum absolute atomic E-state index is 13.5. The zero-order chi connectivity index (χ0) is 22.1. The van der Waals surface area contributed by atoms with Gasteiger partial charge in [0.25, 0.3) is 0 Å². The first kappa shape index (κ1) is 21.7. The van der Waals surface area contributed by atoms with Crippen LogP contribution in [0.5, 0.6) is 5.75 Å². The van der Waals surface area contributed by atoms with Crippen LogP contribution in [0.25, 0.3) is 0 Å². The van der Waals surface area contributed by atoms with Gasteiger partial charge in [-0.05, 0) is 66.8 Å². The summed E-state index contributed by atoms with van der Waals surface area (Å²) in [6.45, 7) is 4.92. The molecule has 0 spiro atoms. The topological polar surface area (TPSA) is 41.6 Å². The second-order valence-electron chi connectivity index (χ2n) is 7.51. The van der Waals surface area contributed by atoms with E-state index in [4.69, 9.17) is 16.3 Å². The predicted molar refractivity (Wildman–Crippen MR) is 124 cm³/mol. The number of ether oxygens (including phenoxy) is 1. The molecule has 2 aromatic carbocycles. The number of fused-ring (bicyclic) bond motifs is 1. The average Bonchev–Trinajstić information content (AvgIpc) is 3.10. The maximum atomic E-state index is 13.5. The van der Waals surface area contributed by atoms with Crippen LogP contribution >= 0.6 is 22.9 Å². The summed E-state index contributed by atoms with van der Waals surface area (Å²) < 4.78 is 18.8. The molecule has 0 aliphatic carbocycles. The summed E-state index contributed by atoms with van der Waals surface area (Å²) >= 11 is 7.65. The van der Waals surface area contributed by atoms with Crippen LogP contribution in [-0.4, -0.2) is 24.6 Å². The molecule has 1 N–H and O–H groups in total. The Bertz CT molecular complexity index is 1110. The molecule has 3 aromatic rings. The number of carbonyl (C=O) groups excluding carboxylic acids is 1. The Hall–Kier alpha value is -2.57. The summed E-state index contributed by atoms with van der Waals surface area (Å²) in [5.41, 5.74) is 4.24. The van der Waals surface area contributed by atoms with Crippen LogP contribution in [0.15, 0.2) is 42.5 Å². The molecule has 31 heavy (non-hydrogen) atoms. The standard InChI is InChI=1S/C24H24ClFN2O2S/c1-4-18-14(2)31-23-19(18)11-12-28(22(23)15-5-8-17(30-3)9-6-15)24(29)27-16-7-10-21(26)20(25)13-16/h5-10,13,22H,4,11-12H2,1-3H3,(H,27,29). The van der Waals surface area contributed by atoms with Crippen molar-refractivity contribution >= 4 is 34.7 Å². The zero-order valence-corrected chi connectivity index (χ0v) is 19.2. The van der Waals surface area contributed by atoms with Gasteiger partial charge >= 0.3 is 6.03 Å². The number of rotatable bonds is 4. The van der Waals surface area contributed by atoms with Crippen molar-refractivity contribution in [2.45, 2.75) is 32.7 Å². The molecule has 0 saturated heterocycles. The summed E-state index contributed by atoms with van der Waals surface area (Å²) in [5, 5.41) is 2.86. The van der Waals surface area contributed by atoms with E-state index in [9.17, 15) is 9.18 Å². The lowest BCUT2D eigenvalue weighted by Gasteiger charge is -2.36. The highest BCUT2D eigenvalue weighted by atomic mass is 35.5. The van der Waals surface area contributed by atoms with Gasteiger partial charge in [0, 0.05) is 22.0 Å². The second kappa shape index (κ2) is 8.89. The van der Waals surface area contributed by atoms with E-state index < -0.39 is 5.82 Å². The van der Waals surface area contributed by atoms with Gasteiger partial charge in [-0.2, -0.15) is 0 Å². The lowest BCUT2D eigenvalue weighted by Crippen LogP contribution is -2.42. The van der Waals surface area contributed by atoms with Crippen LogP contribution in [0.4, 0.5) is 14.9 Å². The number of anilines is 1. The number of nitrogens with zero attached hydrogens (tertiary/aromatic N) is 1. The molecule has 2 amide bonds. The van der Waals surface area contributed by atoms with Crippen LogP contribution in [0.3, 0.4) is 0 Å². The normalized spacial score (nSPS) is 15.5. The summed E-state index contributed by atoms with van der Waals surface area (Å²) in [7, 11) is 1.64. The number of thiophene rings is 1. The van der Waals surface area contributed by atoms with Crippen molar-refractivity contribution in [3.05, 3.63) is 79.7 Å². The third-order valence-corrected chi connectivity index (χ3v) is 7.26. The monoisotopic (exact) mass is 458 g/mol. The predicted octanol–water partition coefficient (Wildman–Crippen LogP) is 6.60. The number of hydrogen-bond acceptors (Lipinski definition) is 3. The van der Waals surface area contributed by atoms with Gasteiger partial charge in [0.05, 0.1) is 18.2 Å². The first-order chi connectivity index (χ1) is 14.9. The Balaban J connectivity index is 1.72. The molecular weight excluding hydrogens is 435 g/mol. The molecule has 0 fully saturated rings. The molecule has 4 nitrogen and oxygen atoms in total. The fourth-order valence-corrected chi connectivity index (χ4v) is 5.84. The molecule has 1 aromatic heterocycles. The summed E-state index contributed by atoms with van der Waals surface area (Å²) in [5.74, 6) is 0.257. The quantitative estimate of drug-likeness (QED) is 0.478. The molecule has 1 aliphatic heterocycles. The fourth-order valence-electron chi connectivity index (χ4n) is 4.21. The summed E-state index contributed by atoms with van der Waals surface area (Å²) in [6.07, 6.45) is 1.79. The van der Waals surface area contributed by atoms with Crippen molar-refractivity contribution < 1.29 is 13.9 Å².